The molecule has 0 radical (unpaired) electrons. The number of methoxy groups -OCH3 is 1. The van der Waals surface area contributed by atoms with Gasteiger partial charge in [0.25, 0.3) is 0 Å². The van der Waals surface area contributed by atoms with Gasteiger partial charge in [-0.2, -0.15) is 0 Å². The average Bonchev–Trinajstić information content (AvgIpc) is 2.68. The monoisotopic (exact) mass is 395 g/mol. The van der Waals surface area contributed by atoms with Crippen molar-refractivity contribution in [1.82, 2.24) is 14.1 Å². The molecule has 0 aliphatic carbocycles. The molecule has 1 amide bonds. The predicted octanol–water partition coefficient (Wildman–Crippen LogP) is 1.01. The normalized spacial score (nSPS) is 20.6. The average molecular weight is 396 g/mol. The van der Waals surface area contributed by atoms with Gasteiger partial charge in [0.1, 0.15) is 5.75 Å². The lowest BCUT2D eigenvalue weighted by molar-refractivity contribution is -0.138. The first-order valence-electron chi connectivity index (χ1n) is 9.46. The Morgan fingerprint density at radius 3 is 2.15 bits per heavy atom. The number of piperidine rings is 1. The van der Waals surface area contributed by atoms with Gasteiger partial charge in [-0.05, 0) is 30.5 Å². The van der Waals surface area contributed by atoms with Crippen molar-refractivity contribution in [3.05, 3.63) is 29.8 Å². The van der Waals surface area contributed by atoms with Crippen LogP contribution in [0.1, 0.15) is 18.4 Å². The zero-order valence-electron chi connectivity index (χ0n) is 16.1. The van der Waals surface area contributed by atoms with Crippen LogP contribution in [0.5, 0.6) is 5.75 Å². The highest BCUT2D eigenvalue weighted by molar-refractivity contribution is 7.88. The summed E-state index contributed by atoms with van der Waals surface area (Å²) in [5, 5.41) is 0. The SMILES string of the molecule is COc1ccc(CN2CCN(C(=O)C3CCN(S(C)(=O)=O)CC3)CC2)cc1. The lowest BCUT2D eigenvalue weighted by atomic mass is 9.96. The van der Waals surface area contributed by atoms with Gasteiger partial charge in [0.15, 0.2) is 0 Å². The number of ether oxygens (including phenoxy) is 1. The summed E-state index contributed by atoms with van der Waals surface area (Å²) in [6.07, 6.45) is 2.48. The number of nitrogens with zero attached hydrogens (tertiary/aromatic N) is 3. The van der Waals surface area contributed by atoms with Crippen molar-refractivity contribution in [3.8, 4) is 5.75 Å². The Morgan fingerprint density at radius 1 is 1.04 bits per heavy atom. The number of hydrogen-bond donors (Lipinski definition) is 0. The quantitative estimate of drug-likeness (QED) is 0.744. The van der Waals surface area contributed by atoms with E-state index in [1.165, 1.54) is 16.1 Å². The molecule has 0 aromatic heterocycles. The summed E-state index contributed by atoms with van der Waals surface area (Å²) in [5.74, 6) is 1.000. The van der Waals surface area contributed by atoms with Gasteiger partial charge >= 0.3 is 0 Å². The maximum absolute atomic E-state index is 12.8. The van der Waals surface area contributed by atoms with E-state index in [4.69, 9.17) is 4.74 Å². The Morgan fingerprint density at radius 2 is 1.63 bits per heavy atom. The number of carbonyl (C=O) groups is 1. The zero-order valence-corrected chi connectivity index (χ0v) is 17.0. The molecule has 1 aromatic rings. The van der Waals surface area contributed by atoms with E-state index < -0.39 is 10.0 Å². The highest BCUT2D eigenvalue weighted by Crippen LogP contribution is 2.22. The van der Waals surface area contributed by atoms with Gasteiger partial charge in [0.05, 0.1) is 13.4 Å². The molecule has 8 heteroatoms. The van der Waals surface area contributed by atoms with Crippen LogP contribution in [0.2, 0.25) is 0 Å². The molecule has 3 rings (SSSR count). The van der Waals surface area contributed by atoms with E-state index in [-0.39, 0.29) is 11.8 Å². The van der Waals surface area contributed by atoms with Crippen molar-refractivity contribution in [2.45, 2.75) is 19.4 Å². The summed E-state index contributed by atoms with van der Waals surface area (Å²) in [6, 6.07) is 8.09. The summed E-state index contributed by atoms with van der Waals surface area (Å²) in [7, 11) is -1.48. The van der Waals surface area contributed by atoms with Crippen molar-refractivity contribution in [3.63, 3.8) is 0 Å². The van der Waals surface area contributed by atoms with Crippen LogP contribution >= 0.6 is 0 Å². The third-order valence-electron chi connectivity index (χ3n) is 5.52. The second kappa shape index (κ2) is 8.58. The summed E-state index contributed by atoms with van der Waals surface area (Å²) >= 11 is 0. The van der Waals surface area contributed by atoms with Gasteiger partial charge in [-0.25, -0.2) is 12.7 Å². The molecule has 7 nitrogen and oxygen atoms in total. The maximum Gasteiger partial charge on any atom is 0.225 e. The Kier molecular flexibility index (Phi) is 6.39. The van der Waals surface area contributed by atoms with E-state index in [9.17, 15) is 13.2 Å². The second-order valence-corrected chi connectivity index (χ2v) is 9.37. The molecule has 150 valence electrons. The van der Waals surface area contributed by atoms with Gasteiger partial charge in [-0.15, -0.1) is 0 Å². The van der Waals surface area contributed by atoms with Gasteiger partial charge < -0.3 is 9.64 Å². The molecule has 1 aromatic carbocycles. The Hall–Kier alpha value is -1.64. The Bertz CT molecular complexity index is 735. The highest BCUT2D eigenvalue weighted by atomic mass is 32.2. The number of carbonyl (C=O) groups excluding carboxylic acids is 1. The number of rotatable bonds is 5. The third-order valence-corrected chi connectivity index (χ3v) is 6.82. The van der Waals surface area contributed by atoms with Crippen molar-refractivity contribution in [2.75, 3.05) is 52.6 Å². The number of amides is 1. The van der Waals surface area contributed by atoms with E-state index in [0.717, 1.165) is 38.5 Å². The minimum absolute atomic E-state index is 0.0452. The van der Waals surface area contributed by atoms with E-state index in [1.807, 2.05) is 17.0 Å². The fourth-order valence-electron chi connectivity index (χ4n) is 3.81. The van der Waals surface area contributed by atoms with Crippen LogP contribution in [0, 0.1) is 5.92 Å². The molecule has 0 bridgehead atoms. The molecular formula is C19H29N3O4S. The van der Waals surface area contributed by atoms with Crippen molar-refractivity contribution < 1.29 is 17.9 Å². The van der Waals surface area contributed by atoms with Gasteiger partial charge in [0, 0.05) is 51.7 Å². The molecular weight excluding hydrogens is 366 g/mol. The zero-order chi connectivity index (χ0) is 19.4. The van der Waals surface area contributed by atoms with E-state index in [0.29, 0.717) is 25.9 Å². The van der Waals surface area contributed by atoms with Crippen molar-refractivity contribution >= 4 is 15.9 Å². The summed E-state index contributed by atoms with van der Waals surface area (Å²) in [4.78, 5) is 17.1. The van der Waals surface area contributed by atoms with E-state index in [2.05, 4.69) is 17.0 Å². The minimum atomic E-state index is -3.15. The molecule has 2 heterocycles. The Labute approximate surface area is 161 Å². The van der Waals surface area contributed by atoms with Crippen LogP contribution in [0.25, 0.3) is 0 Å². The molecule has 0 saturated carbocycles. The number of piperazine rings is 1. The molecule has 0 spiro atoms. The molecule has 2 aliphatic rings. The first kappa shape index (κ1) is 20.1. The Balaban J connectivity index is 1.45. The third kappa shape index (κ3) is 5.21. The second-order valence-electron chi connectivity index (χ2n) is 7.39. The maximum atomic E-state index is 12.8. The first-order valence-corrected chi connectivity index (χ1v) is 11.3. The predicted molar refractivity (Wildman–Crippen MR) is 104 cm³/mol. The standard InChI is InChI=1S/C19H29N3O4S/c1-26-18-5-3-16(4-6-18)15-20-11-13-21(14-12-20)19(23)17-7-9-22(10-8-17)27(2,24)25/h3-6,17H,7-15H2,1-2H3. The van der Waals surface area contributed by atoms with Crippen molar-refractivity contribution in [1.29, 1.82) is 0 Å². The van der Waals surface area contributed by atoms with Crippen LogP contribution in [0.4, 0.5) is 0 Å². The van der Waals surface area contributed by atoms with Crippen LogP contribution < -0.4 is 4.74 Å². The molecule has 2 aliphatic heterocycles. The number of sulfonamides is 1. The topological polar surface area (TPSA) is 70.2 Å². The van der Waals surface area contributed by atoms with Crippen LogP contribution in [0.3, 0.4) is 0 Å². The largest absolute Gasteiger partial charge is 0.497 e. The first-order chi connectivity index (χ1) is 12.9. The van der Waals surface area contributed by atoms with Gasteiger partial charge in [-0.1, -0.05) is 12.1 Å². The molecule has 27 heavy (non-hydrogen) atoms. The number of benzene rings is 1. The fraction of sp³-hybridized carbons (Fsp3) is 0.632. The molecule has 2 fully saturated rings. The molecule has 2 saturated heterocycles. The molecule has 0 atom stereocenters. The highest BCUT2D eigenvalue weighted by Gasteiger charge is 2.32. The van der Waals surface area contributed by atoms with Gasteiger partial charge in [0.2, 0.25) is 15.9 Å². The van der Waals surface area contributed by atoms with Crippen LogP contribution in [-0.2, 0) is 21.4 Å². The summed E-state index contributed by atoms with van der Waals surface area (Å²) in [6.45, 7) is 4.97. The lowest BCUT2D eigenvalue weighted by Gasteiger charge is -2.38. The van der Waals surface area contributed by atoms with Crippen LogP contribution in [0.15, 0.2) is 24.3 Å². The molecule has 0 unspecified atom stereocenters. The van der Waals surface area contributed by atoms with Crippen molar-refractivity contribution in [2.24, 2.45) is 5.92 Å². The molecule has 0 N–H and O–H groups in total. The fourth-order valence-corrected chi connectivity index (χ4v) is 4.68. The summed E-state index contributed by atoms with van der Waals surface area (Å²) in [5.41, 5.74) is 1.24. The summed E-state index contributed by atoms with van der Waals surface area (Å²) < 4.78 is 29.9. The van der Waals surface area contributed by atoms with E-state index >= 15 is 0 Å². The van der Waals surface area contributed by atoms with Crippen LogP contribution in [-0.4, -0.2) is 81.1 Å². The van der Waals surface area contributed by atoms with Gasteiger partial charge in [-0.3, -0.25) is 9.69 Å². The minimum Gasteiger partial charge on any atom is -0.497 e. The number of hydrogen-bond acceptors (Lipinski definition) is 5. The lowest BCUT2D eigenvalue weighted by Crippen LogP contribution is -2.51. The smallest absolute Gasteiger partial charge is 0.225 e. The van der Waals surface area contributed by atoms with E-state index in [1.54, 1.807) is 7.11 Å².